The first-order chi connectivity index (χ1) is 7.68. The van der Waals surface area contributed by atoms with Crippen molar-refractivity contribution in [1.29, 1.82) is 0 Å². The number of hydrogen-bond acceptors (Lipinski definition) is 2. The van der Waals surface area contributed by atoms with Gasteiger partial charge in [-0.2, -0.15) is 0 Å². The quantitative estimate of drug-likeness (QED) is 0.758. The van der Waals surface area contributed by atoms with Gasteiger partial charge >= 0.3 is 5.97 Å². The fourth-order valence-corrected chi connectivity index (χ4v) is 3.38. The minimum absolute atomic E-state index is 0.231. The summed E-state index contributed by atoms with van der Waals surface area (Å²) >= 11 is 0. The molecule has 0 aromatic carbocycles. The molecule has 2 atom stereocenters. The van der Waals surface area contributed by atoms with Crippen molar-refractivity contribution in [1.82, 2.24) is 4.90 Å². The van der Waals surface area contributed by atoms with Crippen LogP contribution in [0.15, 0.2) is 0 Å². The van der Waals surface area contributed by atoms with Crippen molar-refractivity contribution in [2.24, 2.45) is 23.7 Å². The Balaban J connectivity index is 1.54. The Morgan fingerprint density at radius 2 is 1.62 bits per heavy atom. The van der Waals surface area contributed by atoms with Crippen LogP contribution in [0.25, 0.3) is 0 Å². The molecule has 2 saturated carbocycles. The van der Waals surface area contributed by atoms with Crippen LogP contribution in [0.3, 0.4) is 0 Å². The molecule has 4 heteroatoms. The molecule has 0 aromatic heterocycles. The Bertz CT molecular complexity index is 323. The standard InChI is InChI=1S/C12H17NO3/c14-11(13-5-7(6-13)12(15)16)10-8-3-1-2-4-9(8)10/h7-10H,1-6H2,(H,15,16). The van der Waals surface area contributed by atoms with E-state index in [2.05, 4.69) is 0 Å². The van der Waals surface area contributed by atoms with Crippen LogP contribution >= 0.6 is 0 Å². The van der Waals surface area contributed by atoms with Gasteiger partial charge in [0.1, 0.15) is 0 Å². The zero-order chi connectivity index (χ0) is 11.3. The molecule has 3 aliphatic rings. The molecule has 16 heavy (non-hydrogen) atoms. The number of fused-ring (bicyclic) bond motifs is 1. The Labute approximate surface area is 94.6 Å². The Morgan fingerprint density at radius 3 is 2.12 bits per heavy atom. The van der Waals surface area contributed by atoms with Gasteiger partial charge in [0.25, 0.3) is 0 Å². The van der Waals surface area contributed by atoms with E-state index in [1.54, 1.807) is 4.90 Å². The van der Waals surface area contributed by atoms with Crippen LogP contribution in [0.2, 0.25) is 0 Å². The topological polar surface area (TPSA) is 57.6 Å². The summed E-state index contributed by atoms with van der Waals surface area (Å²) in [6, 6.07) is 0. The maximum absolute atomic E-state index is 12.1. The summed E-state index contributed by atoms with van der Waals surface area (Å²) in [6.07, 6.45) is 4.94. The maximum atomic E-state index is 12.1. The van der Waals surface area contributed by atoms with Gasteiger partial charge in [0.2, 0.25) is 5.91 Å². The van der Waals surface area contributed by atoms with Gasteiger partial charge in [-0.05, 0) is 24.7 Å². The van der Waals surface area contributed by atoms with Crippen molar-refractivity contribution in [3.05, 3.63) is 0 Å². The molecule has 4 nitrogen and oxygen atoms in total. The number of carboxylic acid groups (broad SMARTS) is 1. The van der Waals surface area contributed by atoms with E-state index in [1.165, 1.54) is 25.7 Å². The predicted molar refractivity (Wildman–Crippen MR) is 56.6 cm³/mol. The lowest BCUT2D eigenvalue weighted by Crippen LogP contribution is -2.53. The van der Waals surface area contributed by atoms with Gasteiger partial charge < -0.3 is 10.0 Å². The molecule has 88 valence electrons. The van der Waals surface area contributed by atoms with Gasteiger partial charge in [-0.3, -0.25) is 9.59 Å². The molecule has 1 heterocycles. The number of rotatable bonds is 2. The smallest absolute Gasteiger partial charge is 0.310 e. The second-order valence-electron chi connectivity index (χ2n) is 5.42. The highest BCUT2D eigenvalue weighted by Gasteiger charge is 2.57. The Hall–Kier alpha value is -1.06. The molecule has 0 spiro atoms. The summed E-state index contributed by atoms with van der Waals surface area (Å²) in [6.45, 7) is 0.869. The van der Waals surface area contributed by atoms with E-state index in [-0.39, 0.29) is 17.7 Å². The molecule has 1 N–H and O–H groups in total. The normalized spacial score (nSPS) is 37.5. The number of carboxylic acids is 1. The highest BCUT2D eigenvalue weighted by Crippen LogP contribution is 2.56. The zero-order valence-electron chi connectivity index (χ0n) is 9.26. The van der Waals surface area contributed by atoms with Gasteiger partial charge in [0, 0.05) is 19.0 Å². The maximum Gasteiger partial charge on any atom is 0.310 e. The fraction of sp³-hybridized carbons (Fsp3) is 0.833. The number of nitrogens with zero attached hydrogens (tertiary/aromatic N) is 1. The van der Waals surface area contributed by atoms with Crippen molar-refractivity contribution in [2.45, 2.75) is 25.7 Å². The second-order valence-corrected chi connectivity index (χ2v) is 5.42. The van der Waals surface area contributed by atoms with Crippen molar-refractivity contribution in [3.8, 4) is 0 Å². The first-order valence-electron chi connectivity index (χ1n) is 6.20. The SMILES string of the molecule is O=C(O)C1CN(C(=O)C2C3CCCCC32)C1. The number of hydrogen-bond donors (Lipinski definition) is 1. The van der Waals surface area contributed by atoms with Crippen molar-refractivity contribution >= 4 is 11.9 Å². The summed E-state index contributed by atoms with van der Waals surface area (Å²) in [5.74, 6) is 0.656. The van der Waals surface area contributed by atoms with Gasteiger partial charge in [-0.15, -0.1) is 0 Å². The molecule has 2 aliphatic carbocycles. The predicted octanol–water partition coefficient (Wildman–Crippen LogP) is 0.966. The molecule has 3 rings (SSSR count). The zero-order valence-corrected chi connectivity index (χ0v) is 9.26. The molecule has 3 fully saturated rings. The van der Waals surface area contributed by atoms with E-state index in [0.717, 1.165) is 0 Å². The molecule has 1 aliphatic heterocycles. The first kappa shape index (κ1) is 10.1. The number of likely N-dealkylation sites (tertiary alicyclic amines) is 1. The molecular formula is C12H17NO3. The summed E-state index contributed by atoms with van der Waals surface area (Å²) in [5.41, 5.74) is 0. The van der Waals surface area contributed by atoms with E-state index in [4.69, 9.17) is 5.11 Å². The molecule has 0 aromatic rings. The lowest BCUT2D eigenvalue weighted by Gasteiger charge is -2.37. The van der Waals surface area contributed by atoms with Crippen LogP contribution in [-0.2, 0) is 9.59 Å². The van der Waals surface area contributed by atoms with Gasteiger partial charge in [0.15, 0.2) is 0 Å². The average molecular weight is 223 g/mol. The van der Waals surface area contributed by atoms with Crippen molar-refractivity contribution in [3.63, 3.8) is 0 Å². The molecule has 0 bridgehead atoms. The summed E-state index contributed by atoms with van der Waals surface area (Å²) in [5, 5.41) is 8.76. The van der Waals surface area contributed by atoms with Crippen LogP contribution in [0.5, 0.6) is 0 Å². The summed E-state index contributed by atoms with van der Waals surface area (Å²) in [4.78, 5) is 24.4. The first-order valence-corrected chi connectivity index (χ1v) is 6.20. The number of aliphatic carboxylic acids is 1. The van der Waals surface area contributed by atoms with E-state index < -0.39 is 5.97 Å². The molecular weight excluding hydrogens is 206 g/mol. The largest absolute Gasteiger partial charge is 0.481 e. The highest BCUT2D eigenvalue weighted by molar-refractivity contribution is 5.85. The van der Waals surface area contributed by atoms with Crippen molar-refractivity contribution < 1.29 is 14.7 Å². The van der Waals surface area contributed by atoms with Gasteiger partial charge in [-0.1, -0.05) is 12.8 Å². The fourth-order valence-electron chi connectivity index (χ4n) is 3.38. The monoisotopic (exact) mass is 223 g/mol. The van der Waals surface area contributed by atoms with E-state index >= 15 is 0 Å². The molecule has 1 saturated heterocycles. The van der Waals surface area contributed by atoms with E-state index in [1.807, 2.05) is 0 Å². The summed E-state index contributed by atoms with van der Waals surface area (Å²) in [7, 11) is 0. The molecule has 0 radical (unpaired) electrons. The van der Waals surface area contributed by atoms with Gasteiger partial charge in [-0.25, -0.2) is 0 Å². The third-order valence-corrected chi connectivity index (χ3v) is 4.48. The van der Waals surface area contributed by atoms with Gasteiger partial charge in [0.05, 0.1) is 5.92 Å². The lowest BCUT2D eigenvalue weighted by molar-refractivity contribution is -0.153. The van der Waals surface area contributed by atoms with E-state index in [9.17, 15) is 9.59 Å². The van der Waals surface area contributed by atoms with E-state index in [0.29, 0.717) is 24.9 Å². The number of carbonyl (C=O) groups excluding carboxylic acids is 1. The Morgan fingerprint density at radius 1 is 1.06 bits per heavy atom. The average Bonchev–Trinajstić information content (AvgIpc) is 2.88. The van der Waals surface area contributed by atoms with Crippen LogP contribution < -0.4 is 0 Å². The Kier molecular flexibility index (Phi) is 2.19. The molecule has 2 unspecified atom stereocenters. The number of carbonyl (C=O) groups is 2. The number of amides is 1. The molecule has 1 amide bonds. The lowest BCUT2D eigenvalue weighted by atomic mass is 9.99. The van der Waals surface area contributed by atoms with Crippen LogP contribution in [0.1, 0.15) is 25.7 Å². The van der Waals surface area contributed by atoms with Crippen LogP contribution in [0, 0.1) is 23.7 Å². The van der Waals surface area contributed by atoms with Crippen LogP contribution in [0.4, 0.5) is 0 Å². The second kappa shape index (κ2) is 3.47. The third-order valence-electron chi connectivity index (χ3n) is 4.48. The minimum atomic E-state index is -0.766. The highest BCUT2D eigenvalue weighted by atomic mass is 16.4. The van der Waals surface area contributed by atoms with Crippen molar-refractivity contribution in [2.75, 3.05) is 13.1 Å². The minimum Gasteiger partial charge on any atom is -0.481 e. The summed E-state index contributed by atoms with van der Waals surface area (Å²) < 4.78 is 0. The van der Waals surface area contributed by atoms with Crippen LogP contribution in [-0.4, -0.2) is 35.0 Å². The third kappa shape index (κ3) is 1.43.